The molecule has 0 aromatic rings. The van der Waals surface area contributed by atoms with Gasteiger partial charge in [0, 0.05) is 0 Å². The molecule has 13 heavy (non-hydrogen) atoms. The van der Waals surface area contributed by atoms with Crippen molar-refractivity contribution in [2.45, 2.75) is 24.4 Å². The van der Waals surface area contributed by atoms with Crippen LogP contribution in [0, 0.1) is 0 Å². The maximum absolute atomic E-state index is 11.4. The van der Waals surface area contributed by atoms with Crippen molar-refractivity contribution in [3.63, 3.8) is 0 Å². The van der Waals surface area contributed by atoms with Gasteiger partial charge in [-0.1, -0.05) is 0 Å². The van der Waals surface area contributed by atoms with E-state index in [1.54, 1.807) is 0 Å². The summed E-state index contributed by atoms with van der Waals surface area (Å²) in [4.78, 5) is 27.0. The quantitative estimate of drug-likeness (QED) is 0.465. The van der Waals surface area contributed by atoms with Crippen LogP contribution in [-0.4, -0.2) is 30.0 Å². The van der Waals surface area contributed by atoms with E-state index in [4.69, 9.17) is 5.73 Å². The second-order valence-electron chi connectivity index (χ2n) is 3.46. The Morgan fingerprint density at radius 3 is 2.85 bits per heavy atom. The van der Waals surface area contributed by atoms with E-state index in [9.17, 15) is 9.59 Å². The molecule has 2 rings (SSSR count). The Morgan fingerprint density at radius 1 is 1.69 bits per heavy atom. The molecule has 1 atom stereocenters. The first-order valence-corrected chi connectivity index (χ1v) is 4.13. The van der Waals surface area contributed by atoms with Crippen LogP contribution in [0.1, 0.15) is 12.8 Å². The van der Waals surface area contributed by atoms with Gasteiger partial charge in [0.15, 0.2) is 0 Å². The van der Waals surface area contributed by atoms with E-state index in [1.807, 2.05) is 0 Å². The van der Waals surface area contributed by atoms with Crippen molar-refractivity contribution in [2.75, 3.05) is 6.61 Å². The van der Waals surface area contributed by atoms with Crippen LogP contribution in [0.25, 0.3) is 0 Å². The van der Waals surface area contributed by atoms with Crippen LogP contribution < -0.4 is 16.5 Å². The lowest BCUT2D eigenvalue weighted by molar-refractivity contribution is -0.129. The molecule has 0 aromatic heterocycles. The molecule has 0 spiro atoms. The Kier molecular flexibility index (Phi) is 1.74. The number of rotatable bonds is 2. The lowest BCUT2D eigenvalue weighted by atomic mass is 10.2. The highest BCUT2D eigenvalue weighted by atomic mass is 16.7. The van der Waals surface area contributed by atoms with Crippen molar-refractivity contribution in [1.29, 1.82) is 0 Å². The van der Waals surface area contributed by atoms with Crippen LogP contribution in [0.15, 0.2) is 0 Å². The lowest BCUT2D eigenvalue weighted by Crippen LogP contribution is -2.50. The minimum Gasteiger partial charge on any atom is -0.341 e. The number of nitrogens with two attached hydrogens (primary N) is 1. The summed E-state index contributed by atoms with van der Waals surface area (Å²) in [6, 6.07) is -0.589. The van der Waals surface area contributed by atoms with Gasteiger partial charge in [-0.2, -0.15) is 0 Å². The van der Waals surface area contributed by atoms with Crippen LogP contribution in [-0.2, 0) is 14.4 Å². The van der Waals surface area contributed by atoms with Gasteiger partial charge in [-0.3, -0.25) is 14.4 Å². The molecule has 72 valence electrons. The van der Waals surface area contributed by atoms with Crippen molar-refractivity contribution in [1.82, 2.24) is 10.8 Å². The van der Waals surface area contributed by atoms with Crippen LogP contribution >= 0.6 is 0 Å². The van der Waals surface area contributed by atoms with Crippen LogP contribution in [0.3, 0.4) is 0 Å². The molecule has 4 N–H and O–H groups in total. The molecule has 6 heteroatoms. The van der Waals surface area contributed by atoms with Gasteiger partial charge in [0.25, 0.3) is 5.91 Å². The largest absolute Gasteiger partial charge is 0.341 e. The first-order valence-electron chi connectivity index (χ1n) is 4.13. The normalized spacial score (nSPS) is 29.6. The van der Waals surface area contributed by atoms with E-state index in [1.165, 1.54) is 0 Å². The SMILES string of the molecule is NC1(C(=O)NC2CONC2=O)CC1. The third kappa shape index (κ3) is 1.50. The second kappa shape index (κ2) is 2.68. The Hall–Kier alpha value is -1.14. The van der Waals surface area contributed by atoms with Crippen molar-refractivity contribution in [3.8, 4) is 0 Å². The van der Waals surface area contributed by atoms with Crippen molar-refractivity contribution in [2.24, 2.45) is 5.73 Å². The topological polar surface area (TPSA) is 93.5 Å². The molecule has 1 aliphatic heterocycles. The van der Waals surface area contributed by atoms with Gasteiger partial charge in [0.05, 0.1) is 5.54 Å². The van der Waals surface area contributed by atoms with E-state index in [0.717, 1.165) is 0 Å². The number of hydrogen-bond donors (Lipinski definition) is 3. The monoisotopic (exact) mass is 185 g/mol. The van der Waals surface area contributed by atoms with E-state index < -0.39 is 11.6 Å². The Bertz CT molecular complexity index is 262. The number of carbonyl (C=O) groups is 2. The summed E-state index contributed by atoms with van der Waals surface area (Å²) >= 11 is 0. The zero-order valence-corrected chi connectivity index (χ0v) is 7.00. The first kappa shape index (κ1) is 8.46. The summed E-state index contributed by atoms with van der Waals surface area (Å²) in [5.41, 5.74) is 7.05. The average Bonchev–Trinajstić information content (AvgIpc) is 2.72. The lowest BCUT2D eigenvalue weighted by Gasteiger charge is -2.12. The molecule has 1 saturated heterocycles. The number of amides is 2. The molecule has 0 aromatic carbocycles. The Morgan fingerprint density at radius 2 is 2.38 bits per heavy atom. The molecular weight excluding hydrogens is 174 g/mol. The standard InChI is InChI=1S/C7H11N3O3/c8-7(1-2-7)6(12)9-4-3-13-10-5(4)11/h4H,1-3,8H2,(H,9,12)(H,10,11). The third-order valence-corrected chi connectivity index (χ3v) is 2.29. The number of nitrogens with one attached hydrogen (secondary N) is 2. The third-order valence-electron chi connectivity index (χ3n) is 2.29. The van der Waals surface area contributed by atoms with Gasteiger partial charge >= 0.3 is 0 Å². The van der Waals surface area contributed by atoms with Crippen molar-refractivity contribution >= 4 is 11.8 Å². The number of hydrogen-bond acceptors (Lipinski definition) is 4. The van der Waals surface area contributed by atoms with Crippen LogP contribution in [0.2, 0.25) is 0 Å². The van der Waals surface area contributed by atoms with E-state index in [2.05, 4.69) is 15.6 Å². The summed E-state index contributed by atoms with van der Waals surface area (Å²) in [5.74, 6) is -0.587. The van der Waals surface area contributed by atoms with Gasteiger partial charge in [0.2, 0.25) is 5.91 Å². The van der Waals surface area contributed by atoms with Gasteiger partial charge in [0.1, 0.15) is 12.6 Å². The molecule has 2 amide bonds. The van der Waals surface area contributed by atoms with Crippen molar-refractivity contribution < 1.29 is 14.4 Å². The highest BCUT2D eigenvalue weighted by molar-refractivity contribution is 5.94. The summed E-state index contributed by atoms with van der Waals surface area (Å²) in [6.07, 6.45) is 1.38. The van der Waals surface area contributed by atoms with Crippen LogP contribution in [0.5, 0.6) is 0 Å². The summed E-state index contributed by atoms with van der Waals surface area (Å²) < 4.78 is 0. The smallest absolute Gasteiger partial charge is 0.268 e. The zero-order valence-electron chi connectivity index (χ0n) is 7.00. The molecule has 2 aliphatic rings. The van der Waals surface area contributed by atoms with Crippen molar-refractivity contribution in [3.05, 3.63) is 0 Å². The predicted molar refractivity (Wildman–Crippen MR) is 42.2 cm³/mol. The number of carbonyl (C=O) groups excluding carboxylic acids is 2. The van der Waals surface area contributed by atoms with E-state index >= 15 is 0 Å². The number of hydroxylamine groups is 1. The van der Waals surface area contributed by atoms with Gasteiger partial charge < -0.3 is 11.1 Å². The zero-order chi connectivity index (χ0) is 9.47. The van der Waals surface area contributed by atoms with Crippen LogP contribution in [0.4, 0.5) is 0 Å². The van der Waals surface area contributed by atoms with Gasteiger partial charge in [-0.25, -0.2) is 5.48 Å². The highest BCUT2D eigenvalue weighted by Gasteiger charge is 2.47. The maximum Gasteiger partial charge on any atom is 0.268 e. The molecule has 0 bridgehead atoms. The molecule has 1 aliphatic carbocycles. The molecule has 1 unspecified atom stereocenters. The molecular formula is C7H11N3O3. The minimum absolute atomic E-state index is 0.167. The summed E-state index contributed by atoms with van der Waals surface area (Å²) in [5, 5.41) is 2.53. The first-order chi connectivity index (χ1) is 6.12. The summed E-state index contributed by atoms with van der Waals surface area (Å²) in [6.45, 7) is 0.167. The van der Waals surface area contributed by atoms with Gasteiger partial charge in [-0.15, -0.1) is 0 Å². The fraction of sp³-hybridized carbons (Fsp3) is 0.714. The molecule has 1 heterocycles. The molecule has 2 fully saturated rings. The Labute approximate surface area is 74.7 Å². The second-order valence-corrected chi connectivity index (χ2v) is 3.46. The van der Waals surface area contributed by atoms with E-state index in [0.29, 0.717) is 12.8 Å². The molecule has 0 radical (unpaired) electrons. The average molecular weight is 185 g/mol. The Balaban J connectivity index is 1.90. The molecule has 1 saturated carbocycles. The minimum atomic E-state index is -0.733. The fourth-order valence-corrected chi connectivity index (χ4v) is 1.11. The predicted octanol–water partition coefficient (Wildman–Crippen LogP) is -1.98. The molecule has 6 nitrogen and oxygen atoms in total. The fourth-order valence-electron chi connectivity index (χ4n) is 1.11. The summed E-state index contributed by atoms with van der Waals surface area (Å²) in [7, 11) is 0. The van der Waals surface area contributed by atoms with E-state index in [-0.39, 0.29) is 18.4 Å². The van der Waals surface area contributed by atoms with Gasteiger partial charge in [-0.05, 0) is 12.8 Å². The highest BCUT2D eigenvalue weighted by Crippen LogP contribution is 2.32. The maximum atomic E-state index is 11.4.